The summed E-state index contributed by atoms with van der Waals surface area (Å²) >= 11 is 0. The van der Waals surface area contributed by atoms with Gasteiger partial charge in [-0.25, -0.2) is 0 Å². The molecule has 0 bridgehead atoms. The van der Waals surface area contributed by atoms with Crippen molar-refractivity contribution in [3.05, 3.63) is 146 Å². The normalized spacial score (nSPS) is 14.4. The molecule has 0 fully saturated rings. The summed E-state index contributed by atoms with van der Waals surface area (Å²) in [5, 5.41) is 0. The van der Waals surface area contributed by atoms with Crippen LogP contribution < -0.4 is 4.89 Å². The maximum Gasteiger partial charge on any atom is 0.306 e. The van der Waals surface area contributed by atoms with Gasteiger partial charge in [0.25, 0.3) is 7.82 Å². The lowest BCUT2D eigenvalue weighted by molar-refractivity contribution is -0.870. The third-order valence-corrected chi connectivity index (χ3v) is 12.3. The Hall–Kier alpha value is -4.11. The van der Waals surface area contributed by atoms with E-state index in [0.29, 0.717) is 23.9 Å². The molecule has 74 heavy (non-hydrogen) atoms. The summed E-state index contributed by atoms with van der Waals surface area (Å²) in [6, 6.07) is 0. The van der Waals surface area contributed by atoms with E-state index in [0.717, 1.165) is 116 Å². The van der Waals surface area contributed by atoms with Gasteiger partial charge in [-0.2, -0.15) is 0 Å². The van der Waals surface area contributed by atoms with Crippen LogP contribution in [-0.2, 0) is 32.7 Å². The molecule has 0 rings (SSSR count). The molecule has 0 aromatic rings. The topological polar surface area (TPSA) is 111 Å². The monoisotopic (exact) mass is 1050 g/mol. The predicted octanol–water partition coefficient (Wildman–Crippen LogP) is 17.3. The minimum atomic E-state index is -4.66. The Labute approximate surface area is 453 Å². The number of quaternary nitrogens is 1. The summed E-state index contributed by atoms with van der Waals surface area (Å²) in [6.07, 6.45) is 78.9. The number of esters is 2. The number of phosphoric ester groups is 1. The van der Waals surface area contributed by atoms with Gasteiger partial charge in [0, 0.05) is 12.8 Å². The molecular formula is C64H104NO8P. The van der Waals surface area contributed by atoms with Crippen molar-refractivity contribution in [2.45, 2.75) is 200 Å². The second kappa shape index (κ2) is 53.7. The molecule has 0 saturated carbocycles. The van der Waals surface area contributed by atoms with Crippen molar-refractivity contribution in [2.75, 3.05) is 47.5 Å². The average Bonchev–Trinajstić information content (AvgIpc) is 3.36. The van der Waals surface area contributed by atoms with Crippen molar-refractivity contribution >= 4 is 19.8 Å². The number of unbranched alkanes of at least 4 members (excludes halogenated alkanes) is 12. The Bertz CT molecular complexity index is 1760. The lowest BCUT2D eigenvalue weighted by atomic mass is 10.0. The number of hydrogen-bond donors (Lipinski definition) is 0. The molecule has 0 aliphatic rings. The van der Waals surface area contributed by atoms with Crippen molar-refractivity contribution < 1.29 is 42.1 Å². The van der Waals surface area contributed by atoms with E-state index in [2.05, 4.69) is 160 Å². The maximum absolute atomic E-state index is 12.8. The molecule has 0 amide bonds. The van der Waals surface area contributed by atoms with Crippen LogP contribution in [0.25, 0.3) is 0 Å². The van der Waals surface area contributed by atoms with Gasteiger partial charge in [0.1, 0.15) is 19.8 Å². The number of ether oxygens (including phenoxy) is 2. The van der Waals surface area contributed by atoms with Crippen molar-refractivity contribution in [3.8, 4) is 0 Å². The molecule has 9 nitrogen and oxygen atoms in total. The quantitative estimate of drug-likeness (QED) is 0.0195. The van der Waals surface area contributed by atoms with E-state index in [1.54, 1.807) is 0 Å². The van der Waals surface area contributed by atoms with Crippen LogP contribution >= 0.6 is 7.82 Å². The minimum absolute atomic E-state index is 0.0476. The molecule has 0 aliphatic carbocycles. The van der Waals surface area contributed by atoms with Gasteiger partial charge in [-0.1, -0.05) is 211 Å². The minimum Gasteiger partial charge on any atom is -0.756 e. The fourth-order valence-electron chi connectivity index (χ4n) is 7.01. The number of nitrogens with zero attached hydrogens (tertiary/aromatic N) is 1. The molecule has 0 radical (unpaired) electrons. The van der Waals surface area contributed by atoms with Crippen molar-refractivity contribution in [2.24, 2.45) is 0 Å². The number of carbonyl (C=O) groups is 2. The maximum atomic E-state index is 12.8. The molecule has 418 valence electrons. The molecule has 0 aliphatic heterocycles. The van der Waals surface area contributed by atoms with Crippen LogP contribution in [0.5, 0.6) is 0 Å². The van der Waals surface area contributed by atoms with E-state index >= 15 is 0 Å². The first-order chi connectivity index (χ1) is 36.0. The lowest BCUT2D eigenvalue weighted by Gasteiger charge is -2.28. The first kappa shape index (κ1) is 69.9. The highest BCUT2D eigenvalue weighted by atomic mass is 31.2. The zero-order valence-corrected chi connectivity index (χ0v) is 48.1. The summed E-state index contributed by atoms with van der Waals surface area (Å²) in [4.78, 5) is 37.9. The number of allylic oxidation sites excluding steroid dienone is 24. The fraction of sp³-hybridized carbons (Fsp3) is 0.594. The van der Waals surface area contributed by atoms with Gasteiger partial charge in [0.2, 0.25) is 0 Å². The van der Waals surface area contributed by atoms with Crippen LogP contribution in [0.1, 0.15) is 194 Å². The molecule has 0 aromatic carbocycles. The number of carbonyl (C=O) groups excluding carboxylic acids is 2. The second-order valence-corrected chi connectivity index (χ2v) is 20.9. The SMILES string of the molecule is CC/C=C\C/C=C\C/C=C\C/C=C\C/C=C\C/C=C\CCCCCCCCCCCCC(=O)OC(COC(=O)CCCC/C=C\C/C=C\C/C=C\C/C=C\C/C=C\C/C=C\CC)COP(=O)([O-])OCC[N+](C)(C)C. The highest BCUT2D eigenvalue weighted by Crippen LogP contribution is 2.38. The molecule has 0 spiro atoms. The molecule has 10 heteroatoms. The van der Waals surface area contributed by atoms with E-state index in [-0.39, 0.29) is 26.1 Å². The summed E-state index contributed by atoms with van der Waals surface area (Å²) in [7, 11) is 1.11. The van der Waals surface area contributed by atoms with Gasteiger partial charge in [-0.3, -0.25) is 14.2 Å². The van der Waals surface area contributed by atoms with E-state index in [1.807, 2.05) is 21.1 Å². The van der Waals surface area contributed by atoms with Crippen LogP contribution in [0.15, 0.2) is 146 Å². The molecule has 0 aromatic heterocycles. The van der Waals surface area contributed by atoms with Gasteiger partial charge in [0.05, 0.1) is 27.7 Å². The Morgan fingerprint density at radius 2 is 0.730 bits per heavy atom. The Morgan fingerprint density at radius 1 is 0.419 bits per heavy atom. The first-order valence-corrected chi connectivity index (χ1v) is 30.0. The Morgan fingerprint density at radius 3 is 1.11 bits per heavy atom. The third-order valence-electron chi connectivity index (χ3n) is 11.4. The summed E-state index contributed by atoms with van der Waals surface area (Å²) in [5.74, 6) is -0.902. The molecule has 0 N–H and O–H groups in total. The number of phosphoric acid groups is 1. The standard InChI is InChI=1S/C64H104NO8P/c1-6-8-10-12-14-16-18-20-22-24-26-28-29-30-31-32-33-34-35-37-39-41-43-45-47-49-51-53-55-57-64(67)73-62(61-72-74(68,69)71-59-58-65(3,4)5)60-70-63(66)56-54-52-50-48-46-44-42-40-38-36-27-25-23-21-19-17-15-13-11-9-7-2/h8-11,14-17,20-23,26-28,30-31,33-34,36,40,42,46,48,62H,6-7,12-13,18-19,24-25,29,32,35,37-39,41,43-45,47,49-61H2,1-5H3/b10-8-,11-9-,16-14-,17-15-,22-20-,23-21-,28-26-,31-30-,34-33-,36-27-,42-40-,48-46-. The zero-order valence-electron chi connectivity index (χ0n) is 47.2. The van der Waals surface area contributed by atoms with E-state index in [4.69, 9.17) is 18.5 Å². The molecular weight excluding hydrogens is 942 g/mol. The van der Waals surface area contributed by atoms with Gasteiger partial charge < -0.3 is 27.9 Å². The highest BCUT2D eigenvalue weighted by molar-refractivity contribution is 7.45. The number of rotatable bonds is 50. The predicted molar refractivity (Wildman–Crippen MR) is 314 cm³/mol. The summed E-state index contributed by atoms with van der Waals surface area (Å²) in [6.45, 7) is 3.93. The summed E-state index contributed by atoms with van der Waals surface area (Å²) < 4.78 is 34.1. The lowest BCUT2D eigenvalue weighted by Crippen LogP contribution is -2.37. The second-order valence-electron chi connectivity index (χ2n) is 19.5. The number of hydrogen-bond acceptors (Lipinski definition) is 8. The van der Waals surface area contributed by atoms with Crippen LogP contribution in [-0.4, -0.2) is 70.0 Å². The third kappa shape index (κ3) is 57.2. The number of likely N-dealkylation sites (N-methyl/N-ethyl adjacent to an activating group) is 1. The van der Waals surface area contributed by atoms with Gasteiger partial charge in [0.15, 0.2) is 6.10 Å². The Balaban J connectivity index is 4.29. The van der Waals surface area contributed by atoms with Crippen molar-refractivity contribution in [1.82, 2.24) is 0 Å². The van der Waals surface area contributed by atoms with E-state index in [1.165, 1.54) is 38.5 Å². The zero-order chi connectivity index (χ0) is 54.2. The largest absolute Gasteiger partial charge is 0.756 e. The smallest absolute Gasteiger partial charge is 0.306 e. The van der Waals surface area contributed by atoms with Crippen LogP contribution in [0.4, 0.5) is 0 Å². The molecule has 0 heterocycles. The molecule has 2 unspecified atom stereocenters. The Kier molecular flexibility index (Phi) is 50.7. The first-order valence-electron chi connectivity index (χ1n) is 28.5. The van der Waals surface area contributed by atoms with Gasteiger partial charge in [-0.05, 0) is 116 Å². The van der Waals surface area contributed by atoms with Crippen molar-refractivity contribution in [1.29, 1.82) is 0 Å². The van der Waals surface area contributed by atoms with Crippen LogP contribution in [0.2, 0.25) is 0 Å². The molecule has 0 saturated heterocycles. The van der Waals surface area contributed by atoms with Gasteiger partial charge >= 0.3 is 11.9 Å². The van der Waals surface area contributed by atoms with Crippen LogP contribution in [0, 0.1) is 0 Å². The van der Waals surface area contributed by atoms with Gasteiger partial charge in [-0.15, -0.1) is 0 Å². The summed E-state index contributed by atoms with van der Waals surface area (Å²) in [5.41, 5.74) is 0. The fourth-order valence-corrected chi connectivity index (χ4v) is 7.74. The molecule has 2 atom stereocenters. The van der Waals surface area contributed by atoms with E-state index < -0.39 is 32.5 Å². The highest BCUT2D eigenvalue weighted by Gasteiger charge is 2.21. The average molecular weight is 1050 g/mol. The van der Waals surface area contributed by atoms with Crippen molar-refractivity contribution in [3.63, 3.8) is 0 Å². The van der Waals surface area contributed by atoms with E-state index in [9.17, 15) is 19.0 Å². The van der Waals surface area contributed by atoms with Crippen LogP contribution in [0.3, 0.4) is 0 Å².